The first kappa shape index (κ1) is 18.3. The number of carbonyl (C=O) groups is 1. The number of thioether (sulfide) groups is 1. The van der Waals surface area contributed by atoms with Gasteiger partial charge in [0, 0.05) is 11.4 Å². The number of nitrogens with zero attached hydrogens (tertiary/aromatic N) is 1. The van der Waals surface area contributed by atoms with E-state index in [0.29, 0.717) is 35.1 Å². The van der Waals surface area contributed by atoms with Gasteiger partial charge in [-0.15, -0.1) is 11.8 Å². The fourth-order valence-corrected chi connectivity index (χ4v) is 6.71. The number of aryl methyl sites for hydroxylation is 1. The van der Waals surface area contributed by atoms with Crippen molar-refractivity contribution in [2.24, 2.45) is 0 Å². The molecule has 2 aliphatic rings. The summed E-state index contributed by atoms with van der Waals surface area (Å²) in [6, 6.07) is 16.2. The lowest BCUT2D eigenvalue weighted by Gasteiger charge is -2.25. The standard InChI is InChI=1S/C20H20N2O3S2/c23-20(21-17-8-2-1-3-9-17)19-13-26-14-22(19)27(24,25)18-11-10-15-6-4-5-7-16(15)12-18/h1-9,12,19H,10-11,13-14H2,(H,21,23)/t19-/m0/s1. The van der Waals surface area contributed by atoms with Crippen molar-refractivity contribution in [3.8, 4) is 0 Å². The molecule has 1 heterocycles. The van der Waals surface area contributed by atoms with E-state index in [9.17, 15) is 13.2 Å². The maximum absolute atomic E-state index is 13.2. The summed E-state index contributed by atoms with van der Waals surface area (Å²) < 4.78 is 27.8. The molecule has 1 N–H and O–H groups in total. The summed E-state index contributed by atoms with van der Waals surface area (Å²) in [4.78, 5) is 13.1. The highest BCUT2D eigenvalue weighted by atomic mass is 32.2. The number of hydrogen-bond acceptors (Lipinski definition) is 4. The highest BCUT2D eigenvalue weighted by Gasteiger charge is 2.41. The Morgan fingerprint density at radius 1 is 1.04 bits per heavy atom. The van der Waals surface area contributed by atoms with Gasteiger partial charge in [-0.3, -0.25) is 4.79 Å². The van der Waals surface area contributed by atoms with Crippen molar-refractivity contribution in [1.82, 2.24) is 4.31 Å². The van der Waals surface area contributed by atoms with Crippen LogP contribution in [0.5, 0.6) is 0 Å². The van der Waals surface area contributed by atoms with Crippen molar-refractivity contribution in [2.75, 3.05) is 16.9 Å². The van der Waals surface area contributed by atoms with E-state index in [4.69, 9.17) is 0 Å². The zero-order valence-electron chi connectivity index (χ0n) is 14.7. The second kappa shape index (κ2) is 7.50. The van der Waals surface area contributed by atoms with E-state index in [1.54, 1.807) is 18.2 Å². The van der Waals surface area contributed by atoms with Gasteiger partial charge in [0.15, 0.2) is 0 Å². The Kier molecular flexibility index (Phi) is 5.08. The van der Waals surface area contributed by atoms with Gasteiger partial charge in [0.2, 0.25) is 15.9 Å². The van der Waals surface area contributed by atoms with Crippen LogP contribution in [0, 0.1) is 0 Å². The number of fused-ring (bicyclic) bond motifs is 1. The summed E-state index contributed by atoms with van der Waals surface area (Å²) in [5.74, 6) is 0.474. The van der Waals surface area contributed by atoms with Crippen LogP contribution in [0.3, 0.4) is 0 Å². The predicted molar refractivity (Wildman–Crippen MR) is 110 cm³/mol. The molecule has 1 atom stereocenters. The number of para-hydroxylation sites is 1. The zero-order valence-corrected chi connectivity index (χ0v) is 16.3. The smallest absolute Gasteiger partial charge is 0.243 e. The summed E-state index contributed by atoms with van der Waals surface area (Å²) in [5, 5.41) is 2.83. The minimum absolute atomic E-state index is 0.286. The third-order valence-corrected chi connectivity index (χ3v) is 8.00. The van der Waals surface area contributed by atoms with Crippen molar-refractivity contribution >= 4 is 39.5 Å². The minimum Gasteiger partial charge on any atom is -0.325 e. The first-order valence-corrected chi connectivity index (χ1v) is 11.4. The van der Waals surface area contributed by atoms with Crippen LogP contribution in [0.4, 0.5) is 5.69 Å². The molecule has 27 heavy (non-hydrogen) atoms. The lowest BCUT2D eigenvalue weighted by Crippen LogP contribution is -2.45. The summed E-state index contributed by atoms with van der Waals surface area (Å²) in [6.45, 7) is 0. The van der Waals surface area contributed by atoms with Crippen molar-refractivity contribution in [1.29, 1.82) is 0 Å². The Hall–Kier alpha value is -2.09. The fraction of sp³-hybridized carbons (Fsp3) is 0.250. The van der Waals surface area contributed by atoms with Gasteiger partial charge in [-0.1, -0.05) is 42.5 Å². The second-order valence-corrected chi connectivity index (χ2v) is 9.52. The van der Waals surface area contributed by atoms with Crippen molar-refractivity contribution in [3.05, 3.63) is 70.6 Å². The molecule has 4 rings (SSSR count). The Balaban J connectivity index is 1.58. The average molecular weight is 401 g/mol. The Labute approximate surface area is 163 Å². The second-order valence-electron chi connectivity index (χ2n) is 6.57. The third-order valence-electron chi connectivity index (χ3n) is 4.84. The largest absolute Gasteiger partial charge is 0.325 e. The van der Waals surface area contributed by atoms with Gasteiger partial charge in [-0.05, 0) is 42.2 Å². The van der Waals surface area contributed by atoms with E-state index in [-0.39, 0.29) is 5.91 Å². The Morgan fingerprint density at radius 2 is 1.78 bits per heavy atom. The molecular weight excluding hydrogens is 380 g/mol. The van der Waals surface area contributed by atoms with E-state index < -0.39 is 16.1 Å². The molecule has 1 aliphatic carbocycles. The van der Waals surface area contributed by atoms with Crippen LogP contribution in [-0.2, 0) is 21.2 Å². The molecule has 0 radical (unpaired) electrons. The van der Waals surface area contributed by atoms with E-state index in [1.807, 2.05) is 42.5 Å². The Bertz CT molecular complexity index is 987. The summed E-state index contributed by atoms with van der Waals surface area (Å²) in [6.07, 6.45) is 2.92. The monoisotopic (exact) mass is 400 g/mol. The maximum Gasteiger partial charge on any atom is 0.243 e. The molecule has 5 nitrogen and oxygen atoms in total. The van der Waals surface area contributed by atoms with E-state index in [1.165, 1.54) is 16.1 Å². The lowest BCUT2D eigenvalue weighted by molar-refractivity contribution is -0.118. The molecule has 1 saturated heterocycles. The van der Waals surface area contributed by atoms with Crippen LogP contribution >= 0.6 is 11.8 Å². The van der Waals surface area contributed by atoms with Gasteiger partial charge in [-0.2, -0.15) is 4.31 Å². The first-order valence-electron chi connectivity index (χ1n) is 8.80. The number of nitrogens with one attached hydrogen (secondary N) is 1. The molecule has 140 valence electrons. The molecule has 1 aliphatic heterocycles. The molecule has 0 bridgehead atoms. The molecule has 2 aromatic rings. The van der Waals surface area contributed by atoms with Crippen LogP contribution in [0.15, 0.2) is 59.5 Å². The highest BCUT2D eigenvalue weighted by molar-refractivity contribution is 8.01. The van der Waals surface area contributed by atoms with Gasteiger partial charge in [0.25, 0.3) is 0 Å². The van der Waals surface area contributed by atoms with Crippen molar-refractivity contribution < 1.29 is 13.2 Å². The number of sulfonamides is 1. The quantitative estimate of drug-likeness (QED) is 0.855. The average Bonchev–Trinajstić information content (AvgIpc) is 3.19. The van der Waals surface area contributed by atoms with Gasteiger partial charge in [0.05, 0.1) is 10.8 Å². The number of benzene rings is 2. The number of amides is 1. The highest BCUT2D eigenvalue weighted by Crippen LogP contribution is 2.33. The SMILES string of the molecule is O=C(Nc1ccccc1)[C@@H]1CSCN1S(=O)(=O)C1=Cc2ccccc2CC1. The molecule has 0 unspecified atom stereocenters. The molecule has 0 spiro atoms. The maximum atomic E-state index is 13.2. The fourth-order valence-electron chi connectivity index (χ4n) is 3.38. The van der Waals surface area contributed by atoms with E-state index >= 15 is 0 Å². The minimum atomic E-state index is -3.68. The van der Waals surface area contributed by atoms with Gasteiger partial charge in [0.1, 0.15) is 6.04 Å². The lowest BCUT2D eigenvalue weighted by atomic mass is 9.98. The molecule has 0 aromatic heterocycles. The molecule has 1 amide bonds. The molecule has 0 saturated carbocycles. The van der Waals surface area contributed by atoms with Crippen LogP contribution in [0.2, 0.25) is 0 Å². The summed E-state index contributed by atoms with van der Waals surface area (Å²) in [7, 11) is -3.68. The molecule has 1 fully saturated rings. The molecule has 7 heteroatoms. The third kappa shape index (κ3) is 3.67. The van der Waals surface area contributed by atoms with Gasteiger partial charge in [-0.25, -0.2) is 8.42 Å². The van der Waals surface area contributed by atoms with Crippen LogP contribution in [0.25, 0.3) is 6.08 Å². The molecular formula is C20H20N2O3S2. The normalized spacial score (nSPS) is 20.0. The number of hydrogen-bond donors (Lipinski definition) is 1. The number of anilines is 1. The number of carbonyl (C=O) groups excluding carboxylic acids is 1. The van der Waals surface area contributed by atoms with E-state index in [0.717, 1.165) is 11.1 Å². The van der Waals surface area contributed by atoms with Crippen LogP contribution < -0.4 is 5.32 Å². The first-order chi connectivity index (χ1) is 13.1. The summed E-state index contributed by atoms with van der Waals surface area (Å²) in [5.41, 5.74) is 2.77. The summed E-state index contributed by atoms with van der Waals surface area (Å²) >= 11 is 1.46. The van der Waals surface area contributed by atoms with Crippen molar-refractivity contribution in [3.63, 3.8) is 0 Å². The molecule has 2 aromatic carbocycles. The predicted octanol–water partition coefficient (Wildman–Crippen LogP) is 3.32. The van der Waals surface area contributed by atoms with Crippen molar-refractivity contribution in [2.45, 2.75) is 18.9 Å². The topological polar surface area (TPSA) is 66.5 Å². The van der Waals surface area contributed by atoms with Crippen LogP contribution in [0.1, 0.15) is 17.5 Å². The van der Waals surface area contributed by atoms with E-state index in [2.05, 4.69) is 5.32 Å². The zero-order chi connectivity index (χ0) is 18.9. The number of rotatable bonds is 4. The van der Waals surface area contributed by atoms with Gasteiger partial charge < -0.3 is 5.32 Å². The van der Waals surface area contributed by atoms with Crippen LogP contribution in [-0.4, -0.2) is 36.3 Å². The van der Waals surface area contributed by atoms with Gasteiger partial charge >= 0.3 is 0 Å². The Morgan fingerprint density at radius 3 is 2.59 bits per heavy atom. The number of allylic oxidation sites excluding steroid dienone is 1.